The zero-order valence-electron chi connectivity index (χ0n) is 13.3. The van der Waals surface area contributed by atoms with Crippen LogP contribution in [0.2, 0.25) is 0 Å². The molecule has 0 radical (unpaired) electrons. The summed E-state index contributed by atoms with van der Waals surface area (Å²) < 4.78 is 15.2. The average Bonchev–Trinajstić information content (AvgIpc) is 3.34. The zero-order chi connectivity index (χ0) is 16.4. The van der Waals surface area contributed by atoms with Gasteiger partial charge in [0.05, 0.1) is 5.69 Å². The lowest BCUT2D eigenvalue weighted by molar-refractivity contribution is 0.0627. The van der Waals surface area contributed by atoms with E-state index < -0.39 is 0 Å². The van der Waals surface area contributed by atoms with E-state index in [9.17, 15) is 0 Å². The summed E-state index contributed by atoms with van der Waals surface area (Å²) in [7, 11) is 1.88. The van der Waals surface area contributed by atoms with Crippen molar-refractivity contribution in [1.29, 1.82) is 0 Å². The molecular formula is C16H18N6O2. The maximum atomic E-state index is 5.81. The Labute approximate surface area is 138 Å². The van der Waals surface area contributed by atoms with Crippen LogP contribution in [0.3, 0.4) is 0 Å². The van der Waals surface area contributed by atoms with E-state index in [-0.39, 0.29) is 12.0 Å². The minimum Gasteiger partial charge on any atom is -0.418 e. The van der Waals surface area contributed by atoms with Crippen molar-refractivity contribution in [3.63, 3.8) is 0 Å². The van der Waals surface area contributed by atoms with Crippen molar-refractivity contribution in [2.24, 2.45) is 13.0 Å². The third-order valence-corrected chi connectivity index (χ3v) is 4.15. The summed E-state index contributed by atoms with van der Waals surface area (Å²) >= 11 is 0. The second-order valence-corrected chi connectivity index (χ2v) is 5.76. The largest absolute Gasteiger partial charge is 0.418 e. The molecule has 1 saturated heterocycles. The van der Waals surface area contributed by atoms with Crippen LogP contribution >= 0.6 is 0 Å². The summed E-state index contributed by atoms with van der Waals surface area (Å²) in [6, 6.07) is 3.83. The van der Waals surface area contributed by atoms with Gasteiger partial charge in [0.1, 0.15) is 6.10 Å². The van der Waals surface area contributed by atoms with Gasteiger partial charge in [-0.1, -0.05) is 0 Å². The number of hydrogen-bond donors (Lipinski definition) is 0. The van der Waals surface area contributed by atoms with Gasteiger partial charge in [0, 0.05) is 50.8 Å². The highest BCUT2D eigenvalue weighted by Crippen LogP contribution is 2.34. The van der Waals surface area contributed by atoms with Crippen LogP contribution in [-0.2, 0) is 18.3 Å². The van der Waals surface area contributed by atoms with Crippen LogP contribution in [-0.4, -0.2) is 36.4 Å². The van der Waals surface area contributed by atoms with E-state index in [0.717, 1.165) is 18.7 Å². The van der Waals surface area contributed by atoms with Gasteiger partial charge in [-0.3, -0.25) is 9.36 Å². The van der Waals surface area contributed by atoms with Gasteiger partial charge in [-0.15, -0.1) is 10.2 Å². The number of rotatable bonds is 5. The van der Waals surface area contributed by atoms with Gasteiger partial charge in [-0.2, -0.15) is 10.2 Å². The van der Waals surface area contributed by atoms with Crippen molar-refractivity contribution in [2.45, 2.75) is 19.1 Å². The summed E-state index contributed by atoms with van der Waals surface area (Å²) in [6.07, 6.45) is 9.91. The molecule has 3 aromatic heterocycles. The van der Waals surface area contributed by atoms with Gasteiger partial charge in [0.2, 0.25) is 11.8 Å². The molecule has 24 heavy (non-hydrogen) atoms. The Balaban J connectivity index is 1.47. The van der Waals surface area contributed by atoms with Crippen LogP contribution in [0.5, 0.6) is 0 Å². The Bertz CT molecular complexity index is 819. The Kier molecular flexibility index (Phi) is 3.96. The van der Waals surface area contributed by atoms with Crippen LogP contribution in [0.4, 0.5) is 0 Å². The SMILES string of the molecule is Cn1nccc1/C=C/c1nnc([C@H]2OCC[C@H]2Cn2cccn2)o1. The Hall–Kier alpha value is -2.74. The highest BCUT2D eigenvalue weighted by molar-refractivity contribution is 5.63. The normalized spacial score (nSPS) is 21.0. The molecule has 0 spiro atoms. The second-order valence-electron chi connectivity index (χ2n) is 5.76. The molecule has 1 fully saturated rings. The molecule has 4 heterocycles. The van der Waals surface area contributed by atoms with Crippen molar-refractivity contribution in [3.8, 4) is 0 Å². The van der Waals surface area contributed by atoms with Gasteiger partial charge < -0.3 is 9.15 Å². The molecule has 8 nitrogen and oxygen atoms in total. The highest BCUT2D eigenvalue weighted by atomic mass is 16.5. The Morgan fingerprint density at radius 1 is 1.25 bits per heavy atom. The van der Waals surface area contributed by atoms with Crippen molar-refractivity contribution in [2.75, 3.05) is 6.61 Å². The number of hydrogen-bond acceptors (Lipinski definition) is 6. The zero-order valence-corrected chi connectivity index (χ0v) is 13.3. The second kappa shape index (κ2) is 6.40. The Morgan fingerprint density at radius 2 is 2.21 bits per heavy atom. The molecule has 8 heteroatoms. The molecule has 0 bridgehead atoms. The summed E-state index contributed by atoms with van der Waals surface area (Å²) in [5, 5.41) is 16.6. The van der Waals surface area contributed by atoms with Crippen molar-refractivity contribution < 1.29 is 9.15 Å². The number of ether oxygens (including phenoxy) is 1. The van der Waals surface area contributed by atoms with E-state index in [4.69, 9.17) is 9.15 Å². The Morgan fingerprint density at radius 3 is 3.00 bits per heavy atom. The van der Waals surface area contributed by atoms with E-state index in [1.54, 1.807) is 23.2 Å². The van der Waals surface area contributed by atoms with Gasteiger partial charge in [0.25, 0.3) is 0 Å². The molecule has 0 unspecified atom stereocenters. The molecule has 124 valence electrons. The molecule has 4 rings (SSSR count). The first-order chi connectivity index (χ1) is 11.8. The molecule has 0 aliphatic carbocycles. The van der Waals surface area contributed by atoms with Crippen molar-refractivity contribution in [1.82, 2.24) is 29.8 Å². The van der Waals surface area contributed by atoms with E-state index >= 15 is 0 Å². The molecule has 0 amide bonds. The fourth-order valence-corrected chi connectivity index (χ4v) is 2.88. The van der Waals surface area contributed by atoms with Crippen molar-refractivity contribution in [3.05, 3.63) is 48.2 Å². The molecule has 3 aromatic rings. The quantitative estimate of drug-likeness (QED) is 0.712. The van der Waals surface area contributed by atoms with Gasteiger partial charge in [-0.25, -0.2) is 0 Å². The fourth-order valence-electron chi connectivity index (χ4n) is 2.88. The smallest absolute Gasteiger partial charge is 0.245 e. The first-order valence-corrected chi connectivity index (χ1v) is 7.88. The van der Waals surface area contributed by atoms with Crippen LogP contribution in [0.15, 0.2) is 35.1 Å². The van der Waals surface area contributed by atoms with E-state index in [0.29, 0.717) is 18.4 Å². The monoisotopic (exact) mass is 326 g/mol. The lowest BCUT2D eigenvalue weighted by Gasteiger charge is -2.14. The highest BCUT2D eigenvalue weighted by Gasteiger charge is 2.34. The predicted octanol–water partition coefficient (Wildman–Crippen LogP) is 1.95. The summed E-state index contributed by atoms with van der Waals surface area (Å²) in [4.78, 5) is 0. The minimum atomic E-state index is -0.180. The standard InChI is InChI=1S/C16H18N6O2/c1-21-13(5-8-17-21)3-4-14-19-20-16(24-14)15-12(6-10-23-15)11-22-9-2-7-18-22/h2-5,7-9,12,15H,6,10-11H2,1H3/b4-3+/t12-,15-/m0/s1. The van der Waals surface area contributed by atoms with Crippen LogP contribution in [0, 0.1) is 5.92 Å². The van der Waals surface area contributed by atoms with Crippen molar-refractivity contribution >= 4 is 12.2 Å². The number of aryl methyl sites for hydroxylation is 1. The van der Waals surface area contributed by atoms with Gasteiger partial charge in [-0.05, 0) is 24.6 Å². The van der Waals surface area contributed by atoms with Crippen LogP contribution in [0.1, 0.15) is 30.0 Å². The first-order valence-electron chi connectivity index (χ1n) is 7.88. The lowest BCUT2D eigenvalue weighted by Crippen LogP contribution is -2.15. The van der Waals surface area contributed by atoms with E-state index in [1.165, 1.54) is 0 Å². The average molecular weight is 326 g/mol. The third kappa shape index (κ3) is 3.00. The topological polar surface area (TPSA) is 83.8 Å². The minimum absolute atomic E-state index is 0.180. The summed E-state index contributed by atoms with van der Waals surface area (Å²) in [6.45, 7) is 1.47. The van der Waals surface area contributed by atoms with Gasteiger partial charge >= 0.3 is 0 Å². The summed E-state index contributed by atoms with van der Waals surface area (Å²) in [5.74, 6) is 1.26. The van der Waals surface area contributed by atoms with E-state index in [1.807, 2.05) is 36.1 Å². The molecular weight excluding hydrogens is 308 g/mol. The molecule has 1 aliphatic rings. The molecule has 1 aliphatic heterocycles. The first kappa shape index (κ1) is 14.8. The number of aromatic nitrogens is 6. The van der Waals surface area contributed by atoms with Crippen LogP contribution < -0.4 is 0 Å². The predicted molar refractivity (Wildman–Crippen MR) is 85.5 cm³/mol. The molecule has 0 N–H and O–H groups in total. The molecule has 0 aromatic carbocycles. The molecule has 2 atom stereocenters. The maximum Gasteiger partial charge on any atom is 0.245 e. The molecule has 0 saturated carbocycles. The maximum absolute atomic E-state index is 5.81. The van der Waals surface area contributed by atoms with Gasteiger partial charge in [0.15, 0.2) is 0 Å². The fraction of sp³-hybridized carbons (Fsp3) is 0.375. The van der Waals surface area contributed by atoms with E-state index in [2.05, 4.69) is 20.4 Å². The lowest BCUT2D eigenvalue weighted by atomic mass is 10.0. The summed E-state index contributed by atoms with van der Waals surface area (Å²) in [5.41, 5.74) is 0.962. The van der Waals surface area contributed by atoms with Crippen LogP contribution in [0.25, 0.3) is 12.2 Å². The number of nitrogens with zero attached hydrogens (tertiary/aromatic N) is 6. The third-order valence-electron chi connectivity index (χ3n) is 4.15.